The van der Waals surface area contributed by atoms with Crippen LogP contribution in [0.1, 0.15) is 43.3 Å². The summed E-state index contributed by atoms with van der Waals surface area (Å²) in [6, 6.07) is -0.269. The Hall–Kier alpha value is -1.43. The van der Waals surface area contributed by atoms with Gasteiger partial charge >= 0.3 is 6.03 Å². The summed E-state index contributed by atoms with van der Waals surface area (Å²) in [6.07, 6.45) is 3.89. The molecule has 1 aromatic rings. The molecule has 6 heteroatoms. The van der Waals surface area contributed by atoms with Gasteiger partial charge in [0.25, 0.3) is 5.91 Å². The van der Waals surface area contributed by atoms with Crippen LogP contribution in [0.3, 0.4) is 0 Å². The Kier molecular flexibility index (Phi) is 3.28. The molecule has 0 radical (unpaired) electrons. The zero-order valence-corrected chi connectivity index (χ0v) is 12.6. The van der Waals surface area contributed by atoms with Crippen molar-refractivity contribution in [1.82, 2.24) is 15.2 Å². The van der Waals surface area contributed by atoms with Crippen LogP contribution in [0, 0.1) is 12.8 Å². The molecule has 2 atom stereocenters. The second kappa shape index (κ2) is 4.84. The minimum atomic E-state index is -0.666. The van der Waals surface area contributed by atoms with Gasteiger partial charge in [0.05, 0.1) is 17.2 Å². The molecular weight excluding hydrogens is 274 g/mol. The molecule has 108 valence electrons. The van der Waals surface area contributed by atoms with Crippen LogP contribution < -0.4 is 5.32 Å². The highest BCUT2D eigenvalue weighted by molar-refractivity contribution is 7.09. The van der Waals surface area contributed by atoms with E-state index >= 15 is 0 Å². The van der Waals surface area contributed by atoms with Crippen molar-refractivity contribution in [2.24, 2.45) is 5.92 Å². The van der Waals surface area contributed by atoms with Crippen molar-refractivity contribution in [2.75, 3.05) is 0 Å². The third-order valence-corrected chi connectivity index (χ3v) is 5.31. The van der Waals surface area contributed by atoms with Crippen molar-refractivity contribution < 1.29 is 9.59 Å². The van der Waals surface area contributed by atoms with E-state index in [0.29, 0.717) is 0 Å². The van der Waals surface area contributed by atoms with E-state index < -0.39 is 5.54 Å². The average Bonchev–Trinajstić information content (AvgIpc) is 2.92. The lowest BCUT2D eigenvalue weighted by molar-refractivity contribution is -0.134. The van der Waals surface area contributed by atoms with Crippen molar-refractivity contribution in [3.63, 3.8) is 0 Å². The number of urea groups is 1. The minimum absolute atomic E-state index is 0.0691. The summed E-state index contributed by atoms with van der Waals surface area (Å²) in [6.45, 7) is 4.27. The number of nitrogens with one attached hydrogen (secondary N) is 1. The molecule has 1 N–H and O–H groups in total. The first-order chi connectivity index (χ1) is 9.53. The predicted octanol–water partition coefficient (Wildman–Crippen LogP) is 2.45. The first-order valence-electron chi connectivity index (χ1n) is 7.08. The largest absolute Gasteiger partial charge is 0.325 e. The van der Waals surface area contributed by atoms with E-state index in [1.807, 2.05) is 12.3 Å². The summed E-state index contributed by atoms with van der Waals surface area (Å²) < 4.78 is 0. The number of aryl methyl sites for hydroxylation is 1. The zero-order chi connectivity index (χ0) is 14.3. The van der Waals surface area contributed by atoms with Crippen LogP contribution in [-0.2, 0) is 11.3 Å². The summed E-state index contributed by atoms with van der Waals surface area (Å²) in [4.78, 5) is 30.6. The van der Waals surface area contributed by atoms with Crippen LogP contribution in [0.4, 0.5) is 4.79 Å². The van der Waals surface area contributed by atoms with Gasteiger partial charge in [0, 0.05) is 5.38 Å². The molecule has 1 saturated heterocycles. The number of amides is 3. The Bertz CT molecular complexity index is 556. The molecule has 0 aromatic carbocycles. The summed E-state index contributed by atoms with van der Waals surface area (Å²) in [5.74, 6) is 0.134. The first-order valence-corrected chi connectivity index (χ1v) is 7.96. The number of rotatable bonds is 2. The maximum Gasteiger partial charge on any atom is 0.325 e. The van der Waals surface area contributed by atoms with Gasteiger partial charge in [-0.2, -0.15) is 0 Å². The van der Waals surface area contributed by atoms with Gasteiger partial charge in [0.2, 0.25) is 0 Å². The fourth-order valence-electron chi connectivity index (χ4n) is 3.28. The van der Waals surface area contributed by atoms with Crippen molar-refractivity contribution in [3.8, 4) is 0 Å². The predicted molar refractivity (Wildman–Crippen MR) is 76.3 cm³/mol. The molecule has 1 aliphatic heterocycles. The van der Waals surface area contributed by atoms with Gasteiger partial charge in [-0.05, 0) is 25.7 Å². The van der Waals surface area contributed by atoms with Gasteiger partial charge in [-0.3, -0.25) is 9.69 Å². The number of aromatic nitrogens is 1. The van der Waals surface area contributed by atoms with Crippen LogP contribution >= 0.6 is 11.3 Å². The van der Waals surface area contributed by atoms with Crippen LogP contribution in [0.15, 0.2) is 5.38 Å². The summed E-state index contributed by atoms with van der Waals surface area (Å²) in [7, 11) is 0. The Morgan fingerprint density at radius 2 is 2.30 bits per heavy atom. The molecule has 2 fully saturated rings. The fraction of sp³-hybridized carbons (Fsp3) is 0.643. The lowest BCUT2D eigenvalue weighted by Crippen LogP contribution is -2.53. The van der Waals surface area contributed by atoms with E-state index in [1.165, 1.54) is 16.2 Å². The van der Waals surface area contributed by atoms with Crippen LogP contribution in [0.5, 0.6) is 0 Å². The molecule has 2 aliphatic rings. The van der Waals surface area contributed by atoms with E-state index in [2.05, 4.69) is 17.2 Å². The molecule has 2 heterocycles. The minimum Gasteiger partial charge on any atom is -0.323 e. The smallest absolute Gasteiger partial charge is 0.323 e. The molecule has 1 spiro atoms. The van der Waals surface area contributed by atoms with Crippen LogP contribution in [-0.4, -0.2) is 27.4 Å². The third-order valence-electron chi connectivity index (χ3n) is 4.49. The lowest BCUT2D eigenvalue weighted by Gasteiger charge is -2.36. The van der Waals surface area contributed by atoms with E-state index in [9.17, 15) is 9.59 Å². The van der Waals surface area contributed by atoms with Crippen molar-refractivity contribution >= 4 is 23.3 Å². The van der Waals surface area contributed by atoms with Crippen molar-refractivity contribution in [3.05, 3.63) is 16.1 Å². The molecule has 5 nitrogen and oxygen atoms in total. The van der Waals surface area contributed by atoms with Gasteiger partial charge in [-0.15, -0.1) is 11.3 Å². The number of thiazole rings is 1. The van der Waals surface area contributed by atoms with Crippen molar-refractivity contribution in [1.29, 1.82) is 0 Å². The molecule has 1 saturated carbocycles. The zero-order valence-electron chi connectivity index (χ0n) is 11.8. The van der Waals surface area contributed by atoms with E-state index in [0.717, 1.165) is 36.4 Å². The lowest BCUT2D eigenvalue weighted by atomic mass is 9.73. The summed E-state index contributed by atoms with van der Waals surface area (Å²) in [5.41, 5.74) is 0.122. The van der Waals surface area contributed by atoms with Crippen molar-refractivity contribution in [2.45, 2.75) is 51.6 Å². The second-order valence-electron chi connectivity index (χ2n) is 5.80. The molecule has 20 heavy (non-hydrogen) atoms. The third kappa shape index (κ3) is 2.02. The Morgan fingerprint density at radius 3 is 2.95 bits per heavy atom. The highest BCUT2D eigenvalue weighted by Gasteiger charge is 2.54. The van der Waals surface area contributed by atoms with Gasteiger partial charge < -0.3 is 5.32 Å². The number of hydrogen-bond donors (Lipinski definition) is 1. The molecule has 0 unspecified atom stereocenters. The van der Waals surface area contributed by atoms with Crippen LogP contribution in [0.25, 0.3) is 0 Å². The number of nitrogens with zero attached hydrogens (tertiary/aromatic N) is 2. The SMILES string of the molecule is Cc1nc(CN2C(=O)N[C@@]3(CCCC[C@@H]3C)C2=O)cs1. The van der Waals surface area contributed by atoms with Gasteiger partial charge in [-0.25, -0.2) is 9.78 Å². The maximum absolute atomic E-state index is 12.7. The molecular formula is C14H19N3O2S. The number of carbonyl (C=O) groups is 2. The Labute approximate surface area is 122 Å². The second-order valence-corrected chi connectivity index (χ2v) is 6.86. The Morgan fingerprint density at radius 1 is 1.50 bits per heavy atom. The van der Waals surface area contributed by atoms with E-state index in [4.69, 9.17) is 0 Å². The molecule has 3 rings (SSSR count). The van der Waals surface area contributed by atoms with Gasteiger partial charge in [-0.1, -0.05) is 19.8 Å². The number of imide groups is 1. The summed E-state index contributed by atoms with van der Waals surface area (Å²) >= 11 is 1.54. The summed E-state index contributed by atoms with van der Waals surface area (Å²) in [5, 5.41) is 5.82. The highest BCUT2D eigenvalue weighted by Crippen LogP contribution is 2.38. The normalized spacial score (nSPS) is 30.1. The molecule has 0 bridgehead atoms. The maximum atomic E-state index is 12.7. The number of carbonyl (C=O) groups excluding carboxylic acids is 2. The average molecular weight is 293 g/mol. The number of hydrogen-bond acceptors (Lipinski definition) is 4. The Balaban J connectivity index is 1.83. The van der Waals surface area contributed by atoms with E-state index in [1.54, 1.807) is 0 Å². The highest BCUT2D eigenvalue weighted by atomic mass is 32.1. The van der Waals surface area contributed by atoms with Gasteiger partial charge in [0.1, 0.15) is 5.54 Å². The van der Waals surface area contributed by atoms with Crippen LogP contribution in [0.2, 0.25) is 0 Å². The fourth-order valence-corrected chi connectivity index (χ4v) is 3.89. The molecule has 1 aliphatic carbocycles. The first kappa shape index (κ1) is 13.5. The topological polar surface area (TPSA) is 62.3 Å². The van der Waals surface area contributed by atoms with Gasteiger partial charge in [0.15, 0.2) is 0 Å². The van der Waals surface area contributed by atoms with E-state index in [-0.39, 0.29) is 24.4 Å². The standard InChI is InChI=1S/C14H19N3O2S/c1-9-5-3-4-6-14(9)12(18)17(13(19)16-14)7-11-8-20-10(2)15-11/h8-9H,3-7H2,1-2H3,(H,16,19)/t9-,14+/m0/s1. The molecule has 3 amide bonds. The molecule has 1 aromatic heterocycles. The monoisotopic (exact) mass is 293 g/mol. The quantitative estimate of drug-likeness (QED) is 0.852.